The van der Waals surface area contributed by atoms with Crippen LogP contribution in [-0.2, 0) is 4.74 Å². The number of piperazine rings is 1. The second kappa shape index (κ2) is 9.74. The minimum Gasteiger partial charge on any atom is -0.474 e. The zero-order valence-corrected chi connectivity index (χ0v) is 19.4. The average molecular weight is 500 g/mol. The fourth-order valence-corrected chi connectivity index (χ4v) is 4.98. The zero-order valence-electron chi connectivity index (χ0n) is 18.6. The lowest BCUT2D eigenvalue weighted by atomic mass is 10.2. The van der Waals surface area contributed by atoms with Crippen molar-refractivity contribution in [2.24, 2.45) is 0 Å². The molecule has 0 radical (unpaired) electrons. The van der Waals surface area contributed by atoms with Gasteiger partial charge in [-0.25, -0.2) is 14.2 Å². The first-order valence-electron chi connectivity index (χ1n) is 11.0. The van der Waals surface area contributed by atoms with Gasteiger partial charge < -0.3 is 19.3 Å². The highest BCUT2D eigenvalue weighted by molar-refractivity contribution is 7.19. The highest BCUT2D eigenvalue weighted by Crippen LogP contribution is 2.33. The normalized spacial score (nSPS) is 18.0. The highest BCUT2D eigenvalue weighted by atomic mass is 32.1. The Bertz CT molecular complexity index is 1220. The molecular weight excluding hydrogens is 477 g/mol. The summed E-state index contributed by atoms with van der Waals surface area (Å²) in [5.74, 6) is 0.0125. The predicted octanol–water partition coefficient (Wildman–Crippen LogP) is 3.92. The van der Waals surface area contributed by atoms with Crippen molar-refractivity contribution >= 4 is 38.8 Å². The molecule has 1 amide bonds. The molecule has 2 aliphatic rings. The van der Waals surface area contributed by atoms with Crippen LogP contribution in [0.15, 0.2) is 54.7 Å². The first-order chi connectivity index (χ1) is 17.0. The van der Waals surface area contributed by atoms with E-state index in [9.17, 15) is 14.9 Å². The van der Waals surface area contributed by atoms with Crippen molar-refractivity contribution in [2.45, 2.75) is 6.10 Å². The van der Waals surface area contributed by atoms with Gasteiger partial charge in [0.15, 0.2) is 6.10 Å². The van der Waals surface area contributed by atoms with Crippen LogP contribution in [-0.4, -0.2) is 61.4 Å². The van der Waals surface area contributed by atoms with E-state index in [0.717, 1.165) is 16.3 Å². The molecule has 2 saturated heterocycles. The summed E-state index contributed by atoms with van der Waals surface area (Å²) >= 11 is 1.14. The van der Waals surface area contributed by atoms with E-state index in [1.165, 1.54) is 17.0 Å². The van der Waals surface area contributed by atoms with Gasteiger partial charge in [-0.3, -0.25) is 15.0 Å². The van der Waals surface area contributed by atoms with Crippen molar-refractivity contribution in [1.29, 1.82) is 0 Å². The molecule has 4 heterocycles. The van der Waals surface area contributed by atoms with Crippen LogP contribution < -0.4 is 19.4 Å². The molecule has 10 nitrogen and oxygen atoms in total. The number of hydrogen-bond donors (Lipinski definition) is 0. The Kier molecular flexibility index (Phi) is 6.36. The third-order valence-electron chi connectivity index (χ3n) is 5.86. The molecule has 2 fully saturated rings. The van der Waals surface area contributed by atoms with Gasteiger partial charge in [-0.1, -0.05) is 6.07 Å². The molecule has 2 aliphatic heterocycles. The number of aromatic nitrogens is 1. The van der Waals surface area contributed by atoms with Crippen LogP contribution in [0.4, 0.5) is 30.6 Å². The number of thiophene rings is 1. The Labute approximate surface area is 204 Å². The van der Waals surface area contributed by atoms with Crippen LogP contribution in [0.2, 0.25) is 0 Å². The number of ether oxygens (including phenoxy) is 2. The molecule has 182 valence electrons. The standard InChI is InChI=1S/C23H22FN5O5S/c24-18-13-16(28-14-17(34-23(28)30)15-33-20-3-1-2-8-25-20)4-5-19(18)26-9-11-27(12-10-26)21-6-7-22(35-21)29(31)32/h1-8,13,17H,9-12,14-15H2/t17-/m1/s1. The fraction of sp³-hybridized carbons (Fsp3) is 0.304. The molecule has 3 aromatic rings. The van der Waals surface area contributed by atoms with Crippen molar-refractivity contribution in [3.63, 3.8) is 0 Å². The summed E-state index contributed by atoms with van der Waals surface area (Å²) in [4.78, 5) is 32.4. The minimum atomic E-state index is -0.551. The maximum atomic E-state index is 15.1. The topological polar surface area (TPSA) is 101 Å². The van der Waals surface area contributed by atoms with E-state index < -0.39 is 22.9 Å². The SMILES string of the molecule is O=C1O[C@@H](COc2ccccn2)CN1c1ccc(N2CCN(c3ccc([N+](=O)[O-])s3)CC2)c(F)c1. The number of pyridine rings is 1. The molecule has 0 N–H and O–H groups in total. The Morgan fingerprint density at radius 1 is 1.14 bits per heavy atom. The third kappa shape index (κ3) is 4.97. The Hall–Kier alpha value is -3.93. The van der Waals surface area contributed by atoms with Crippen molar-refractivity contribution in [1.82, 2.24) is 4.98 Å². The van der Waals surface area contributed by atoms with Gasteiger partial charge in [-0.2, -0.15) is 0 Å². The molecule has 2 aromatic heterocycles. The van der Waals surface area contributed by atoms with Crippen LogP contribution >= 0.6 is 11.3 Å². The number of hydrogen-bond acceptors (Lipinski definition) is 9. The van der Waals surface area contributed by atoms with Crippen LogP contribution in [0.3, 0.4) is 0 Å². The molecule has 0 saturated carbocycles. The van der Waals surface area contributed by atoms with Gasteiger partial charge in [0.2, 0.25) is 5.88 Å². The minimum absolute atomic E-state index is 0.107. The summed E-state index contributed by atoms with van der Waals surface area (Å²) in [7, 11) is 0. The van der Waals surface area contributed by atoms with Crippen LogP contribution in [0.25, 0.3) is 0 Å². The Balaban J connectivity index is 1.19. The number of nitro groups is 1. The molecule has 35 heavy (non-hydrogen) atoms. The highest BCUT2D eigenvalue weighted by Gasteiger charge is 2.33. The maximum Gasteiger partial charge on any atom is 0.414 e. The smallest absolute Gasteiger partial charge is 0.414 e. The van der Waals surface area contributed by atoms with Gasteiger partial charge in [-0.05, 0) is 41.7 Å². The average Bonchev–Trinajstić information content (AvgIpc) is 3.51. The number of carbonyl (C=O) groups is 1. The van der Waals surface area contributed by atoms with Gasteiger partial charge in [-0.15, -0.1) is 0 Å². The third-order valence-corrected chi connectivity index (χ3v) is 6.96. The first kappa shape index (κ1) is 22.8. The molecule has 0 aliphatic carbocycles. The fourth-order valence-electron chi connectivity index (χ4n) is 4.10. The monoisotopic (exact) mass is 499 g/mol. The number of anilines is 3. The van der Waals surface area contributed by atoms with Gasteiger partial charge in [0, 0.05) is 44.5 Å². The quantitative estimate of drug-likeness (QED) is 0.356. The number of nitrogens with zero attached hydrogens (tertiary/aromatic N) is 5. The summed E-state index contributed by atoms with van der Waals surface area (Å²) < 4.78 is 26.0. The number of carbonyl (C=O) groups excluding carboxylic acids is 1. The van der Waals surface area contributed by atoms with Crippen molar-refractivity contribution in [2.75, 3.05) is 54.0 Å². The van der Waals surface area contributed by atoms with Gasteiger partial charge in [0.05, 0.1) is 27.8 Å². The van der Waals surface area contributed by atoms with Crippen LogP contribution in [0.1, 0.15) is 0 Å². The molecule has 0 unspecified atom stereocenters. The maximum absolute atomic E-state index is 15.1. The second-order valence-electron chi connectivity index (χ2n) is 8.07. The van der Waals surface area contributed by atoms with Gasteiger partial charge >= 0.3 is 11.1 Å². The van der Waals surface area contributed by atoms with E-state index in [2.05, 4.69) is 9.88 Å². The summed E-state index contributed by atoms with van der Waals surface area (Å²) in [6.07, 6.45) is 0.569. The number of halogens is 1. The van der Waals surface area contributed by atoms with E-state index >= 15 is 4.39 Å². The predicted molar refractivity (Wildman–Crippen MR) is 129 cm³/mol. The van der Waals surface area contributed by atoms with Crippen molar-refractivity contribution in [3.05, 3.63) is 70.7 Å². The van der Waals surface area contributed by atoms with E-state index in [4.69, 9.17) is 9.47 Å². The molecule has 1 aromatic carbocycles. The van der Waals surface area contributed by atoms with E-state index in [1.54, 1.807) is 42.6 Å². The lowest BCUT2D eigenvalue weighted by Gasteiger charge is -2.36. The summed E-state index contributed by atoms with van der Waals surface area (Å²) in [6.45, 7) is 2.78. The summed E-state index contributed by atoms with van der Waals surface area (Å²) in [5, 5.41) is 11.9. The number of rotatable bonds is 7. The molecule has 5 rings (SSSR count). The second-order valence-corrected chi connectivity index (χ2v) is 9.11. The van der Waals surface area contributed by atoms with E-state index in [1.807, 2.05) is 4.90 Å². The molecule has 0 spiro atoms. The molecule has 12 heteroatoms. The summed E-state index contributed by atoms with van der Waals surface area (Å²) in [6, 6.07) is 13.3. The zero-order chi connectivity index (χ0) is 24.4. The number of amides is 1. The molecule has 1 atom stereocenters. The van der Waals surface area contributed by atoms with Crippen LogP contribution in [0, 0.1) is 15.9 Å². The Morgan fingerprint density at radius 2 is 1.94 bits per heavy atom. The van der Waals surface area contributed by atoms with Crippen molar-refractivity contribution < 1.29 is 23.6 Å². The van der Waals surface area contributed by atoms with Gasteiger partial charge in [0.25, 0.3) is 0 Å². The largest absolute Gasteiger partial charge is 0.474 e. The van der Waals surface area contributed by atoms with E-state index in [0.29, 0.717) is 43.4 Å². The van der Waals surface area contributed by atoms with Crippen LogP contribution in [0.5, 0.6) is 5.88 Å². The summed E-state index contributed by atoms with van der Waals surface area (Å²) in [5.41, 5.74) is 0.870. The van der Waals surface area contributed by atoms with Crippen molar-refractivity contribution in [3.8, 4) is 5.88 Å². The number of cyclic esters (lactones) is 1. The Morgan fingerprint density at radius 3 is 2.63 bits per heavy atom. The first-order valence-corrected chi connectivity index (χ1v) is 11.9. The molecule has 0 bridgehead atoms. The molecular formula is C23H22FN5O5S. The van der Waals surface area contributed by atoms with E-state index in [-0.39, 0.29) is 18.2 Å². The lowest BCUT2D eigenvalue weighted by molar-refractivity contribution is -0.380. The lowest BCUT2D eigenvalue weighted by Crippen LogP contribution is -2.46. The number of benzene rings is 1. The van der Waals surface area contributed by atoms with Gasteiger partial charge in [0.1, 0.15) is 12.4 Å².